The summed E-state index contributed by atoms with van der Waals surface area (Å²) in [6.07, 6.45) is 0. The summed E-state index contributed by atoms with van der Waals surface area (Å²) in [5.41, 5.74) is 2.46. The second kappa shape index (κ2) is 7.40. The Hall–Kier alpha value is -3.86. The van der Waals surface area contributed by atoms with E-state index in [1.165, 1.54) is 0 Å². The number of hydrogen-bond donors (Lipinski definition) is 1. The average molecular weight is 371 g/mol. The van der Waals surface area contributed by atoms with Crippen molar-refractivity contribution in [2.75, 3.05) is 12.4 Å². The Balaban J connectivity index is 1.57. The van der Waals surface area contributed by atoms with Gasteiger partial charge in [0.15, 0.2) is 0 Å². The first-order valence-electron chi connectivity index (χ1n) is 8.73. The van der Waals surface area contributed by atoms with Crippen molar-refractivity contribution in [3.05, 3.63) is 94.8 Å². The van der Waals surface area contributed by atoms with Crippen molar-refractivity contribution in [2.24, 2.45) is 0 Å². The molecule has 0 aliphatic rings. The van der Waals surface area contributed by atoms with Crippen LogP contribution in [0.3, 0.4) is 0 Å². The van der Waals surface area contributed by atoms with Gasteiger partial charge in [0.25, 0.3) is 5.91 Å². The molecule has 0 fully saturated rings. The number of fused-ring (bicyclic) bond motifs is 1. The fourth-order valence-corrected chi connectivity index (χ4v) is 2.94. The van der Waals surface area contributed by atoms with Gasteiger partial charge in [-0.1, -0.05) is 30.3 Å². The van der Waals surface area contributed by atoms with Gasteiger partial charge in [-0.05, 0) is 54.1 Å². The first kappa shape index (κ1) is 17.5. The summed E-state index contributed by atoms with van der Waals surface area (Å²) in [6, 6.07) is 23.1. The molecule has 1 aromatic heterocycles. The fourth-order valence-electron chi connectivity index (χ4n) is 2.94. The van der Waals surface area contributed by atoms with Crippen molar-refractivity contribution in [1.29, 1.82) is 0 Å². The second-order valence-corrected chi connectivity index (χ2v) is 6.25. The molecular formula is C23H17NO4. The number of hydrogen-bond acceptors (Lipinski definition) is 4. The molecule has 1 N–H and O–H groups in total. The van der Waals surface area contributed by atoms with Crippen LogP contribution in [0.1, 0.15) is 10.4 Å². The molecule has 0 radical (unpaired) electrons. The molecule has 0 saturated heterocycles. The van der Waals surface area contributed by atoms with E-state index in [4.69, 9.17) is 9.15 Å². The van der Waals surface area contributed by atoms with Crippen molar-refractivity contribution in [3.63, 3.8) is 0 Å². The van der Waals surface area contributed by atoms with Crippen LogP contribution in [-0.2, 0) is 0 Å². The minimum Gasteiger partial charge on any atom is -0.497 e. The van der Waals surface area contributed by atoms with Gasteiger partial charge in [0.1, 0.15) is 11.3 Å². The zero-order chi connectivity index (χ0) is 19.5. The summed E-state index contributed by atoms with van der Waals surface area (Å²) in [4.78, 5) is 24.7. The maximum atomic E-state index is 12.4. The van der Waals surface area contributed by atoms with Gasteiger partial charge in [0.2, 0.25) is 0 Å². The Morgan fingerprint density at radius 2 is 1.64 bits per heavy atom. The number of amides is 1. The van der Waals surface area contributed by atoms with E-state index >= 15 is 0 Å². The van der Waals surface area contributed by atoms with Gasteiger partial charge in [-0.3, -0.25) is 4.79 Å². The van der Waals surface area contributed by atoms with Gasteiger partial charge in [0.05, 0.1) is 12.7 Å². The Labute approximate surface area is 161 Å². The van der Waals surface area contributed by atoms with Gasteiger partial charge in [0, 0.05) is 16.6 Å². The number of carbonyl (C=O) groups is 1. The zero-order valence-corrected chi connectivity index (χ0v) is 15.1. The van der Waals surface area contributed by atoms with Crippen LogP contribution < -0.4 is 15.7 Å². The molecule has 5 nitrogen and oxygen atoms in total. The summed E-state index contributed by atoms with van der Waals surface area (Å²) >= 11 is 0. The number of benzene rings is 3. The topological polar surface area (TPSA) is 68.5 Å². The van der Waals surface area contributed by atoms with Crippen LogP contribution in [0.25, 0.3) is 22.1 Å². The van der Waals surface area contributed by atoms with Gasteiger partial charge in [-0.15, -0.1) is 0 Å². The van der Waals surface area contributed by atoms with Crippen LogP contribution in [-0.4, -0.2) is 13.0 Å². The first-order valence-corrected chi connectivity index (χ1v) is 8.73. The van der Waals surface area contributed by atoms with E-state index in [9.17, 15) is 9.59 Å². The zero-order valence-electron chi connectivity index (χ0n) is 15.1. The van der Waals surface area contributed by atoms with Gasteiger partial charge in [-0.2, -0.15) is 0 Å². The number of rotatable bonds is 4. The van der Waals surface area contributed by atoms with Crippen LogP contribution in [0, 0.1) is 0 Å². The third kappa shape index (κ3) is 3.50. The Bertz CT molecular complexity index is 1190. The quantitative estimate of drug-likeness (QED) is 0.527. The summed E-state index contributed by atoms with van der Waals surface area (Å²) < 4.78 is 10.5. The van der Waals surface area contributed by atoms with Crippen LogP contribution in [0.4, 0.5) is 5.69 Å². The molecular weight excluding hydrogens is 354 g/mol. The first-order chi connectivity index (χ1) is 13.6. The number of ether oxygens (including phenoxy) is 1. The van der Waals surface area contributed by atoms with E-state index < -0.39 is 5.63 Å². The Morgan fingerprint density at radius 3 is 2.36 bits per heavy atom. The molecule has 0 spiro atoms. The molecule has 4 aromatic rings. The normalized spacial score (nSPS) is 10.6. The molecule has 1 amide bonds. The van der Waals surface area contributed by atoms with E-state index in [-0.39, 0.29) is 5.91 Å². The molecule has 0 bridgehead atoms. The average Bonchev–Trinajstić information content (AvgIpc) is 2.74. The maximum absolute atomic E-state index is 12.4. The lowest BCUT2D eigenvalue weighted by atomic mass is 10.0. The van der Waals surface area contributed by atoms with Crippen LogP contribution in [0.5, 0.6) is 5.75 Å². The highest BCUT2D eigenvalue weighted by atomic mass is 16.5. The molecule has 0 aliphatic heterocycles. The number of anilines is 1. The monoisotopic (exact) mass is 371 g/mol. The standard InChI is InChI=1S/C23H17NO4/c1-27-19-12-10-18(11-13-19)24-22(25)16-8-6-15(7-9-16)20-14-17-4-2-3-5-21(17)28-23(20)26/h2-14H,1H3,(H,24,25). The Morgan fingerprint density at radius 1 is 0.929 bits per heavy atom. The van der Waals surface area contributed by atoms with E-state index in [2.05, 4.69) is 5.32 Å². The SMILES string of the molecule is COc1ccc(NC(=O)c2ccc(-c3cc4ccccc4oc3=O)cc2)cc1. The lowest BCUT2D eigenvalue weighted by Gasteiger charge is -2.07. The van der Waals surface area contributed by atoms with Gasteiger partial charge in [-0.25, -0.2) is 4.79 Å². The predicted octanol–water partition coefficient (Wildman–Crippen LogP) is 4.72. The van der Waals surface area contributed by atoms with E-state index in [1.807, 2.05) is 18.2 Å². The van der Waals surface area contributed by atoms with Crippen molar-refractivity contribution < 1.29 is 13.9 Å². The van der Waals surface area contributed by atoms with Gasteiger partial charge >= 0.3 is 5.63 Å². The molecule has 5 heteroatoms. The molecule has 4 rings (SSSR count). The predicted molar refractivity (Wildman–Crippen MR) is 109 cm³/mol. The van der Waals surface area contributed by atoms with Crippen molar-refractivity contribution in [3.8, 4) is 16.9 Å². The van der Waals surface area contributed by atoms with Crippen LogP contribution >= 0.6 is 0 Å². The lowest BCUT2D eigenvalue weighted by Crippen LogP contribution is -2.11. The number of methoxy groups -OCH3 is 1. The highest BCUT2D eigenvalue weighted by Crippen LogP contribution is 2.22. The van der Waals surface area contributed by atoms with E-state index in [1.54, 1.807) is 67.8 Å². The van der Waals surface area contributed by atoms with Crippen molar-refractivity contribution >= 4 is 22.6 Å². The minimum absolute atomic E-state index is 0.234. The van der Waals surface area contributed by atoms with E-state index in [0.29, 0.717) is 28.0 Å². The minimum atomic E-state index is -0.408. The number of nitrogens with one attached hydrogen (secondary N) is 1. The summed E-state index contributed by atoms with van der Waals surface area (Å²) in [5, 5.41) is 3.68. The molecule has 0 saturated carbocycles. The smallest absolute Gasteiger partial charge is 0.344 e. The molecule has 0 aliphatic carbocycles. The molecule has 138 valence electrons. The third-order valence-corrected chi connectivity index (χ3v) is 4.45. The third-order valence-electron chi connectivity index (χ3n) is 4.45. The maximum Gasteiger partial charge on any atom is 0.344 e. The van der Waals surface area contributed by atoms with Crippen molar-refractivity contribution in [2.45, 2.75) is 0 Å². The summed E-state index contributed by atoms with van der Waals surface area (Å²) in [5.74, 6) is 0.485. The second-order valence-electron chi connectivity index (χ2n) is 6.25. The largest absolute Gasteiger partial charge is 0.497 e. The molecule has 28 heavy (non-hydrogen) atoms. The highest BCUT2D eigenvalue weighted by Gasteiger charge is 2.10. The summed E-state index contributed by atoms with van der Waals surface area (Å²) in [6.45, 7) is 0. The lowest BCUT2D eigenvalue weighted by molar-refractivity contribution is 0.102. The molecule has 0 unspecified atom stereocenters. The molecule has 3 aromatic carbocycles. The fraction of sp³-hybridized carbons (Fsp3) is 0.0435. The number of carbonyl (C=O) groups excluding carboxylic acids is 1. The van der Waals surface area contributed by atoms with Crippen LogP contribution in [0.2, 0.25) is 0 Å². The van der Waals surface area contributed by atoms with Crippen LogP contribution in [0.15, 0.2) is 88.1 Å². The molecule has 1 heterocycles. The molecule has 0 atom stereocenters. The van der Waals surface area contributed by atoms with Crippen molar-refractivity contribution in [1.82, 2.24) is 0 Å². The van der Waals surface area contributed by atoms with E-state index in [0.717, 1.165) is 11.1 Å². The summed E-state index contributed by atoms with van der Waals surface area (Å²) in [7, 11) is 1.59. The number of para-hydroxylation sites is 1. The highest BCUT2D eigenvalue weighted by molar-refractivity contribution is 6.04. The van der Waals surface area contributed by atoms with Gasteiger partial charge < -0.3 is 14.5 Å². The Kier molecular flexibility index (Phi) is 4.64.